The molecule has 0 amide bonds. The summed E-state index contributed by atoms with van der Waals surface area (Å²) in [5.74, 6) is -1.74. The largest absolute Gasteiger partial charge is 0.481 e. The third-order valence-electron chi connectivity index (χ3n) is 7.72. The van der Waals surface area contributed by atoms with Crippen molar-refractivity contribution in [3.8, 4) is 0 Å². The number of allylic oxidation sites excluding steroid dienone is 2. The Balaban J connectivity index is 3.60. The van der Waals surface area contributed by atoms with Crippen molar-refractivity contribution < 1.29 is 14.7 Å². The fraction of sp³-hybridized carbons (Fsp3) is 0.882. The summed E-state index contributed by atoms with van der Waals surface area (Å²) >= 11 is 0. The Kier molecular flexibility index (Phi) is 28.5. The average Bonchev–Trinajstić information content (AvgIpc) is 2.88. The van der Waals surface area contributed by atoms with Crippen LogP contribution in [-0.4, -0.2) is 16.9 Å². The first-order chi connectivity index (χ1) is 18.1. The zero-order chi connectivity index (χ0) is 27.2. The number of carbonyl (C=O) groups is 2. The molecule has 0 aliphatic heterocycles. The molecule has 1 N–H and O–H groups in total. The van der Waals surface area contributed by atoms with Gasteiger partial charge in [-0.1, -0.05) is 154 Å². The van der Waals surface area contributed by atoms with Gasteiger partial charge >= 0.3 is 5.97 Å². The van der Waals surface area contributed by atoms with Crippen LogP contribution in [0.2, 0.25) is 0 Å². The van der Waals surface area contributed by atoms with E-state index in [0.29, 0.717) is 12.8 Å². The van der Waals surface area contributed by atoms with Crippen LogP contribution in [0.5, 0.6) is 0 Å². The molecule has 0 aromatic carbocycles. The first-order valence-corrected chi connectivity index (χ1v) is 16.5. The number of carboxylic acid groups (broad SMARTS) is 1. The van der Waals surface area contributed by atoms with Gasteiger partial charge in [-0.2, -0.15) is 0 Å². The predicted molar refractivity (Wildman–Crippen MR) is 161 cm³/mol. The Morgan fingerprint density at radius 2 is 0.865 bits per heavy atom. The molecular formula is C34H64O3. The van der Waals surface area contributed by atoms with E-state index >= 15 is 0 Å². The van der Waals surface area contributed by atoms with Crippen molar-refractivity contribution in [1.82, 2.24) is 0 Å². The number of ketones is 1. The highest BCUT2D eigenvalue weighted by Crippen LogP contribution is 2.18. The Morgan fingerprint density at radius 3 is 1.30 bits per heavy atom. The van der Waals surface area contributed by atoms with Crippen molar-refractivity contribution in [3.63, 3.8) is 0 Å². The molecule has 0 heterocycles. The van der Waals surface area contributed by atoms with Crippen molar-refractivity contribution in [3.05, 3.63) is 12.2 Å². The molecule has 3 nitrogen and oxygen atoms in total. The van der Waals surface area contributed by atoms with Gasteiger partial charge < -0.3 is 5.11 Å². The monoisotopic (exact) mass is 520 g/mol. The summed E-state index contributed by atoms with van der Waals surface area (Å²) in [7, 11) is 0. The molecule has 0 rings (SSSR count). The van der Waals surface area contributed by atoms with E-state index in [1.165, 1.54) is 122 Å². The van der Waals surface area contributed by atoms with Crippen LogP contribution in [0.1, 0.15) is 187 Å². The number of rotatable bonds is 30. The maximum Gasteiger partial charge on any atom is 0.314 e. The summed E-state index contributed by atoms with van der Waals surface area (Å²) in [6.45, 7) is 4.52. The molecule has 0 spiro atoms. The molecule has 0 saturated heterocycles. The summed E-state index contributed by atoms with van der Waals surface area (Å²) in [6, 6.07) is 0. The minimum atomic E-state index is -0.916. The van der Waals surface area contributed by atoms with E-state index in [2.05, 4.69) is 26.0 Å². The smallest absolute Gasteiger partial charge is 0.314 e. The van der Waals surface area contributed by atoms with Crippen molar-refractivity contribution in [1.29, 1.82) is 0 Å². The highest BCUT2D eigenvalue weighted by Gasteiger charge is 2.24. The molecule has 1 atom stereocenters. The molecule has 0 bridgehead atoms. The fourth-order valence-corrected chi connectivity index (χ4v) is 5.16. The van der Waals surface area contributed by atoms with Crippen LogP contribution >= 0.6 is 0 Å². The molecule has 218 valence electrons. The molecule has 1 unspecified atom stereocenters. The number of carboxylic acids is 1. The van der Waals surface area contributed by atoms with Crippen LogP contribution in [-0.2, 0) is 9.59 Å². The van der Waals surface area contributed by atoms with E-state index in [1.807, 2.05) is 0 Å². The Morgan fingerprint density at radius 1 is 0.514 bits per heavy atom. The Bertz CT molecular complexity index is 525. The lowest BCUT2D eigenvalue weighted by molar-refractivity contribution is -0.146. The van der Waals surface area contributed by atoms with E-state index in [-0.39, 0.29) is 5.78 Å². The third-order valence-corrected chi connectivity index (χ3v) is 7.72. The van der Waals surface area contributed by atoms with Gasteiger partial charge in [0.2, 0.25) is 0 Å². The molecule has 0 aliphatic carbocycles. The quantitative estimate of drug-likeness (QED) is 0.0582. The summed E-state index contributed by atoms with van der Waals surface area (Å²) in [5, 5.41) is 9.52. The van der Waals surface area contributed by atoms with Crippen molar-refractivity contribution in [2.45, 2.75) is 187 Å². The second kappa shape index (κ2) is 29.4. The molecule has 0 fully saturated rings. The topological polar surface area (TPSA) is 54.4 Å². The van der Waals surface area contributed by atoms with Crippen molar-refractivity contribution in [2.75, 3.05) is 0 Å². The van der Waals surface area contributed by atoms with Gasteiger partial charge in [-0.15, -0.1) is 0 Å². The van der Waals surface area contributed by atoms with Crippen LogP contribution < -0.4 is 0 Å². The van der Waals surface area contributed by atoms with E-state index < -0.39 is 11.9 Å². The number of carbonyl (C=O) groups excluding carboxylic acids is 1. The maximum atomic E-state index is 12.5. The minimum absolute atomic E-state index is 0.0480. The maximum absolute atomic E-state index is 12.5. The standard InChI is InChI=1S/C34H64O3/c1-3-5-7-9-11-13-15-17-19-20-22-24-26-28-30-32(34(36)37)33(35)31-29-27-25-23-21-18-16-14-12-10-8-6-4-2/h14,16,32H,3-13,15,17-31H2,1-2H3,(H,36,37)/b16-14-. The lowest BCUT2D eigenvalue weighted by Gasteiger charge is -2.11. The van der Waals surface area contributed by atoms with E-state index in [1.54, 1.807) is 0 Å². The van der Waals surface area contributed by atoms with E-state index in [4.69, 9.17) is 0 Å². The van der Waals surface area contributed by atoms with E-state index in [9.17, 15) is 14.7 Å². The molecule has 0 saturated carbocycles. The molecule has 0 aliphatic rings. The molecule has 0 radical (unpaired) electrons. The summed E-state index contributed by atoms with van der Waals surface area (Å²) in [4.78, 5) is 24.1. The van der Waals surface area contributed by atoms with Crippen LogP contribution in [0.25, 0.3) is 0 Å². The molecule has 0 aromatic heterocycles. The van der Waals surface area contributed by atoms with Crippen LogP contribution in [0.4, 0.5) is 0 Å². The second-order valence-electron chi connectivity index (χ2n) is 11.4. The van der Waals surface area contributed by atoms with Gasteiger partial charge in [-0.25, -0.2) is 0 Å². The first kappa shape index (κ1) is 35.9. The van der Waals surface area contributed by atoms with Gasteiger partial charge in [0, 0.05) is 6.42 Å². The van der Waals surface area contributed by atoms with Crippen LogP contribution in [0.15, 0.2) is 12.2 Å². The minimum Gasteiger partial charge on any atom is -0.481 e. The number of aliphatic carboxylic acids is 1. The SMILES string of the molecule is CCCCCC/C=C\CCCCCCCC(=O)C(CCCCCCCCCCCCCCCC)C(=O)O. The van der Waals surface area contributed by atoms with Gasteiger partial charge in [-0.05, 0) is 38.5 Å². The molecular weight excluding hydrogens is 456 g/mol. The number of Topliss-reactive ketones (excluding diaryl/α,β-unsaturated/α-hetero) is 1. The first-order valence-electron chi connectivity index (χ1n) is 16.5. The van der Waals surface area contributed by atoms with Crippen molar-refractivity contribution >= 4 is 11.8 Å². The lowest BCUT2D eigenvalue weighted by Crippen LogP contribution is -2.23. The summed E-state index contributed by atoms with van der Waals surface area (Å²) < 4.78 is 0. The highest BCUT2D eigenvalue weighted by atomic mass is 16.4. The number of unbranched alkanes of at least 4 members (excludes halogenated alkanes) is 22. The zero-order valence-corrected chi connectivity index (χ0v) is 25.1. The highest BCUT2D eigenvalue weighted by molar-refractivity contribution is 5.98. The van der Waals surface area contributed by atoms with Crippen molar-refractivity contribution in [2.24, 2.45) is 5.92 Å². The second-order valence-corrected chi connectivity index (χ2v) is 11.4. The van der Waals surface area contributed by atoms with Gasteiger partial charge in [-0.3, -0.25) is 9.59 Å². The number of hydrogen-bond acceptors (Lipinski definition) is 2. The summed E-state index contributed by atoms with van der Waals surface area (Å²) in [6.07, 6.45) is 36.8. The predicted octanol–water partition coefficient (Wildman–Crippen LogP) is 11.4. The molecule has 37 heavy (non-hydrogen) atoms. The normalized spacial score (nSPS) is 12.4. The fourth-order valence-electron chi connectivity index (χ4n) is 5.16. The van der Waals surface area contributed by atoms with Crippen LogP contribution in [0.3, 0.4) is 0 Å². The van der Waals surface area contributed by atoms with E-state index in [0.717, 1.165) is 38.5 Å². The Hall–Kier alpha value is -1.12. The third kappa shape index (κ3) is 26.3. The van der Waals surface area contributed by atoms with Gasteiger partial charge in [0.15, 0.2) is 0 Å². The number of hydrogen-bond donors (Lipinski definition) is 1. The zero-order valence-electron chi connectivity index (χ0n) is 25.1. The average molecular weight is 521 g/mol. The van der Waals surface area contributed by atoms with Crippen LogP contribution in [0, 0.1) is 5.92 Å². The Labute approximate surface area is 231 Å². The summed E-state index contributed by atoms with van der Waals surface area (Å²) in [5.41, 5.74) is 0. The van der Waals surface area contributed by atoms with Gasteiger partial charge in [0.25, 0.3) is 0 Å². The molecule has 0 aromatic rings. The lowest BCUT2D eigenvalue weighted by atomic mass is 9.93. The molecule has 3 heteroatoms. The van der Waals surface area contributed by atoms with Gasteiger partial charge in [0.05, 0.1) is 0 Å². The van der Waals surface area contributed by atoms with Gasteiger partial charge in [0.1, 0.15) is 11.7 Å².